The van der Waals surface area contributed by atoms with Crippen LogP contribution in [0.4, 0.5) is 5.82 Å². The van der Waals surface area contributed by atoms with Gasteiger partial charge < -0.3 is 56.2 Å². The summed E-state index contributed by atoms with van der Waals surface area (Å²) in [7, 11) is -16.6. The van der Waals surface area contributed by atoms with Crippen LogP contribution in [0.2, 0.25) is 0 Å². The molecule has 8 atom stereocenters. The zero-order chi connectivity index (χ0) is 41.6. The molecule has 3 amide bonds. The number of nitrogens with one attached hydrogen (secondary N) is 3. The molecule has 11 N–H and O–H groups in total. The van der Waals surface area contributed by atoms with Crippen molar-refractivity contribution in [2.24, 2.45) is 5.41 Å². The minimum absolute atomic E-state index is 0.00269. The highest BCUT2D eigenvalue weighted by Gasteiger charge is 2.57. The number of phosphoric ester groups is 3. The lowest BCUT2D eigenvalue weighted by molar-refractivity contribution is -0.137. The maximum Gasteiger partial charge on any atom is 0.481 e. The molecule has 2 aromatic heterocycles. The SMILES string of the molecule is CNC(=O)CS(=O)CCNC(=O)CCNC(=O)C(O)C(C)(C)COP(=O)(O)OP(=O)(O)OCC1OC(C)(n2cnc3c(N)ncnc32)C(O)C1OP(=O)(O)O. The van der Waals surface area contributed by atoms with Gasteiger partial charge in [-0.1, -0.05) is 13.8 Å². The van der Waals surface area contributed by atoms with Gasteiger partial charge in [-0.25, -0.2) is 28.6 Å². The number of rotatable bonds is 21. The lowest BCUT2D eigenvalue weighted by Gasteiger charge is -2.30. The number of nitrogens with zero attached hydrogens (tertiary/aromatic N) is 4. The van der Waals surface area contributed by atoms with Gasteiger partial charge in [0.2, 0.25) is 17.7 Å². The summed E-state index contributed by atoms with van der Waals surface area (Å²) in [5, 5.41) is 28.7. The number of carbonyl (C=O) groups is 3. The number of carbonyl (C=O) groups excluding carboxylic acids is 3. The maximum absolute atomic E-state index is 12.7. The second kappa shape index (κ2) is 18.6. The van der Waals surface area contributed by atoms with Crippen LogP contribution in [0, 0.1) is 5.41 Å². The second-order valence-electron chi connectivity index (χ2n) is 12.6. The minimum atomic E-state index is -5.60. The zero-order valence-corrected chi connectivity index (χ0v) is 33.1. The number of amides is 3. The number of aromatic nitrogens is 4. The molecule has 0 aliphatic carbocycles. The van der Waals surface area contributed by atoms with E-state index in [1.54, 1.807) is 0 Å². The second-order valence-corrected chi connectivity index (χ2v) is 18.4. The van der Waals surface area contributed by atoms with Crippen LogP contribution in [-0.2, 0) is 67.2 Å². The van der Waals surface area contributed by atoms with E-state index < -0.39 is 101 Å². The van der Waals surface area contributed by atoms with Crippen LogP contribution < -0.4 is 21.7 Å². The summed E-state index contributed by atoms with van der Waals surface area (Å²) in [6.45, 7) is 1.36. The van der Waals surface area contributed by atoms with E-state index in [0.717, 1.165) is 17.2 Å². The Hall–Kier alpha value is -2.84. The first-order chi connectivity index (χ1) is 25.3. The fourth-order valence-corrected chi connectivity index (χ4v) is 8.58. The fraction of sp³-hybridized carbons (Fsp3) is 0.680. The van der Waals surface area contributed by atoms with Crippen molar-refractivity contribution in [2.75, 3.05) is 50.6 Å². The number of hydrogen-bond acceptors (Lipinski definition) is 18. The van der Waals surface area contributed by atoms with Crippen LogP contribution in [0.3, 0.4) is 0 Å². The third kappa shape index (κ3) is 13.1. The van der Waals surface area contributed by atoms with E-state index in [2.05, 4.69) is 35.2 Å². The summed E-state index contributed by atoms with van der Waals surface area (Å²) in [5.41, 5.74) is 2.24. The van der Waals surface area contributed by atoms with Crippen molar-refractivity contribution in [3.05, 3.63) is 12.7 Å². The molecular weight excluding hydrogens is 825 g/mol. The van der Waals surface area contributed by atoms with E-state index in [1.165, 1.54) is 27.8 Å². The van der Waals surface area contributed by atoms with Crippen LogP contribution in [0.5, 0.6) is 0 Å². The molecule has 30 heteroatoms. The van der Waals surface area contributed by atoms with Crippen molar-refractivity contribution in [3.8, 4) is 0 Å². The molecule has 3 heterocycles. The number of nitrogens with two attached hydrogens (primary N) is 1. The van der Waals surface area contributed by atoms with Gasteiger partial charge in [0.1, 0.15) is 42.0 Å². The summed E-state index contributed by atoms with van der Waals surface area (Å²) in [6, 6.07) is 0. The fourth-order valence-electron chi connectivity index (χ4n) is 4.85. The molecule has 3 rings (SSSR count). The Morgan fingerprint density at radius 3 is 2.36 bits per heavy atom. The van der Waals surface area contributed by atoms with E-state index in [9.17, 15) is 62.1 Å². The molecule has 0 radical (unpaired) electrons. The Morgan fingerprint density at radius 2 is 1.73 bits per heavy atom. The third-order valence-electron chi connectivity index (χ3n) is 7.79. The van der Waals surface area contributed by atoms with Crippen molar-refractivity contribution in [1.82, 2.24) is 35.5 Å². The number of ether oxygens (including phenoxy) is 1. The van der Waals surface area contributed by atoms with E-state index in [4.69, 9.17) is 24.0 Å². The highest BCUT2D eigenvalue weighted by molar-refractivity contribution is 7.85. The maximum atomic E-state index is 12.7. The Labute approximate surface area is 314 Å². The van der Waals surface area contributed by atoms with Crippen LogP contribution in [-0.4, -0.2) is 141 Å². The van der Waals surface area contributed by atoms with Crippen molar-refractivity contribution in [2.45, 2.75) is 57.3 Å². The van der Waals surface area contributed by atoms with Gasteiger partial charge in [0.15, 0.2) is 17.2 Å². The standard InChI is InChI=1S/C25H43N8O18P3S/c1-24(2,20(37)23(38)29-6-5-15(34)28-7-8-55(46)10-16(35)27-4)11-48-54(44,45)51-53(42,43)47-9-14-18(50-52(39,40)41)19(36)25(3,49-14)33-13-32-17-21(26)30-12-31-22(17)33/h12-14,18-20,36-37H,5-11H2,1-4H3,(H,27,35)(H,28,34)(H,29,38)(H,42,43)(H,44,45)(H2,26,30,31)(H2,39,40,41). The largest absolute Gasteiger partial charge is 0.481 e. The average Bonchev–Trinajstić information content (AvgIpc) is 3.62. The van der Waals surface area contributed by atoms with Crippen LogP contribution in [0.25, 0.3) is 11.2 Å². The van der Waals surface area contributed by atoms with Crippen molar-refractivity contribution >= 4 is 69.0 Å². The Morgan fingerprint density at radius 1 is 1.07 bits per heavy atom. The van der Waals surface area contributed by atoms with Crippen molar-refractivity contribution in [1.29, 1.82) is 0 Å². The van der Waals surface area contributed by atoms with E-state index in [1.807, 2.05) is 0 Å². The molecule has 0 bridgehead atoms. The number of phosphoric acid groups is 3. The predicted molar refractivity (Wildman–Crippen MR) is 186 cm³/mol. The van der Waals surface area contributed by atoms with Crippen LogP contribution >= 0.6 is 23.5 Å². The number of anilines is 1. The topological polar surface area (TPSA) is 393 Å². The summed E-state index contributed by atoms with van der Waals surface area (Å²) in [4.78, 5) is 86.9. The van der Waals surface area contributed by atoms with Gasteiger partial charge in [-0.2, -0.15) is 4.31 Å². The Bertz CT molecular complexity index is 1880. The quantitative estimate of drug-likeness (QED) is 0.0562. The number of fused-ring (bicyclic) bond motifs is 1. The molecule has 312 valence electrons. The average molecular weight is 869 g/mol. The highest BCUT2D eigenvalue weighted by Crippen LogP contribution is 2.61. The monoisotopic (exact) mass is 868 g/mol. The van der Waals surface area contributed by atoms with Gasteiger partial charge in [0.05, 0.1) is 19.5 Å². The van der Waals surface area contributed by atoms with Crippen molar-refractivity contribution < 1.29 is 84.7 Å². The van der Waals surface area contributed by atoms with E-state index in [-0.39, 0.29) is 48.0 Å². The number of nitrogen functional groups attached to an aromatic ring is 1. The molecule has 0 aromatic carbocycles. The summed E-state index contributed by atoms with van der Waals surface area (Å²) >= 11 is 0. The Kier molecular flexibility index (Phi) is 15.8. The van der Waals surface area contributed by atoms with Gasteiger partial charge in [-0.3, -0.25) is 36.7 Å². The highest BCUT2D eigenvalue weighted by atomic mass is 32.2. The molecule has 1 aliphatic rings. The Balaban J connectivity index is 1.55. The molecule has 26 nitrogen and oxygen atoms in total. The first-order valence-electron chi connectivity index (χ1n) is 15.8. The van der Waals surface area contributed by atoms with E-state index >= 15 is 0 Å². The zero-order valence-electron chi connectivity index (χ0n) is 29.6. The molecule has 1 aliphatic heterocycles. The molecule has 8 unspecified atom stereocenters. The molecule has 0 saturated carbocycles. The first kappa shape index (κ1) is 46.5. The molecule has 2 aromatic rings. The number of aliphatic hydroxyl groups is 2. The smallest absolute Gasteiger partial charge is 0.385 e. The summed E-state index contributed by atoms with van der Waals surface area (Å²) in [5.74, 6) is -2.25. The molecule has 0 spiro atoms. The van der Waals surface area contributed by atoms with Crippen molar-refractivity contribution in [3.63, 3.8) is 0 Å². The lowest BCUT2D eigenvalue weighted by atomic mass is 9.87. The number of hydrogen-bond donors (Lipinski definition) is 10. The lowest BCUT2D eigenvalue weighted by Crippen LogP contribution is -2.46. The predicted octanol–water partition coefficient (Wildman–Crippen LogP) is -2.93. The number of imidazole rings is 1. The van der Waals surface area contributed by atoms with Gasteiger partial charge in [-0.05, 0) is 6.92 Å². The van der Waals surface area contributed by atoms with Gasteiger partial charge in [-0.15, -0.1) is 0 Å². The third-order valence-corrected chi connectivity index (χ3v) is 12.1. The van der Waals surface area contributed by atoms with Crippen LogP contribution in [0.1, 0.15) is 27.2 Å². The summed E-state index contributed by atoms with van der Waals surface area (Å²) < 4.78 is 74.2. The summed E-state index contributed by atoms with van der Waals surface area (Å²) in [6.07, 6.45) is -5.65. The molecule has 1 fully saturated rings. The molecular formula is C25H43N8O18P3S. The normalized spacial score (nSPS) is 23.7. The van der Waals surface area contributed by atoms with Crippen LogP contribution in [0.15, 0.2) is 12.7 Å². The number of aliphatic hydroxyl groups excluding tert-OH is 2. The molecule has 55 heavy (non-hydrogen) atoms. The minimum Gasteiger partial charge on any atom is -0.385 e. The molecule has 1 saturated heterocycles. The van der Waals surface area contributed by atoms with Gasteiger partial charge in [0, 0.05) is 48.5 Å². The van der Waals surface area contributed by atoms with Gasteiger partial charge >= 0.3 is 23.5 Å². The first-order valence-corrected chi connectivity index (χ1v) is 21.8. The van der Waals surface area contributed by atoms with Gasteiger partial charge in [0.25, 0.3) is 0 Å². The van der Waals surface area contributed by atoms with E-state index in [0.29, 0.717) is 0 Å².